The normalized spacial score (nSPS) is 23.1. The van der Waals surface area contributed by atoms with Gasteiger partial charge in [-0.15, -0.1) is 11.8 Å². The Morgan fingerprint density at radius 2 is 2.11 bits per heavy atom. The molecule has 0 aromatic heterocycles. The Morgan fingerprint density at radius 1 is 1.53 bits per heavy atom. The van der Waals surface area contributed by atoms with E-state index < -0.39 is 10.8 Å². The Morgan fingerprint density at radius 3 is 2.58 bits per heavy atom. The van der Waals surface area contributed by atoms with Crippen LogP contribution in [-0.4, -0.2) is 33.9 Å². The maximum Gasteiger partial charge on any atom is 0.243 e. The summed E-state index contributed by atoms with van der Waals surface area (Å²) in [6, 6.07) is -0.419. The lowest BCUT2D eigenvalue weighted by molar-refractivity contribution is -0.130. The van der Waals surface area contributed by atoms with Gasteiger partial charge in [-0.05, 0) is 40.0 Å². The fraction of sp³-hybridized carbons (Fsp3) is 0.857. The molecule has 0 bridgehead atoms. The molecule has 1 saturated heterocycles. The van der Waals surface area contributed by atoms with Crippen LogP contribution in [0, 0.1) is 5.92 Å². The monoisotopic (exact) mass is 286 g/mol. The van der Waals surface area contributed by atoms with Gasteiger partial charge in [-0.1, -0.05) is 13.8 Å². The summed E-state index contributed by atoms with van der Waals surface area (Å²) in [6.07, 6.45) is 0.915. The third kappa shape index (κ3) is 4.71. The molecule has 5 heteroatoms. The summed E-state index contributed by atoms with van der Waals surface area (Å²) in [6.45, 7) is 12.1. The second kappa shape index (κ2) is 5.73. The average molecular weight is 286 g/mol. The van der Waals surface area contributed by atoms with Crippen molar-refractivity contribution in [3.05, 3.63) is 0 Å². The molecular formula is C14H26N2O2S. The zero-order valence-electron chi connectivity index (χ0n) is 12.8. The molecule has 110 valence electrons. The van der Waals surface area contributed by atoms with Crippen LogP contribution < -0.4 is 10.6 Å². The van der Waals surface area contributed by atoms with Gasteiger partial charge in [0.15, 0.2) is 0 Å². The van der Waals surface area contributed by atoms with Gasteiger partial charge in [-0.3, -0.25) is 9.59 Å². The molecule has 1 atom stereocenters. The molecule has 1 heterocycles. The molecule has 1 unspecified atom stereocenters. The number of amides is 2. The lowest BCUT2D eigenvalue weighted by Gasteiger charge is -2.35. The van der Waals surface area contributed by atoms with Crippen molar-refractivity contribution in [2.75, 3.05) is 5.75 Å². The van der Waals surface area contributed by atoms with Crippen molar-refractivity contribution in [1.82, 2.24) is 10.6 Å². The second-order valence-corrected chi connectivity index (χ2v) is 8.46. The fourth-order valence-electron chi connectivity index (χ4n) is 2.36. The molecule has 0 radical (unpaired) electrons. The quantitative estimate of drug-likeness (QED) is 0.830. The number of carbonyl (C=O) groups excluding carboxylic acids is 2. The van der Waals surface area contributed by atoms with Crippen LogP contribution in [-0.2, 0) is 9.59 Å². The van der Waals surface area contributed by atoms with E-state index in [4.69, 9.17) is 0 Å². The van der Waals surface area contributed by atoms with E-state index in [-0.39, 0.29) is 17.4 Å². The minimum absolute atomic E-state index is 0.0643. The number of nitrogens with one attached hydrogen (secondary N) is 2. The first-order valence-corrected chi connectivity index (χ1v) is 7.79. The molecular weight excluding hydrogens is 260 g/mol. The van der Waals surface area contributed by atoms with Crippen LogP contribution in [0.2, 0.25) is 0 Å². The lowest BCUT2D eigenvalue weighted by Crippen LogP contribution is -2.59. The van der Waals surface area contributed by atoms with E-state index in [1.165, 1.54) is 11.8 Å². The number of carbonyl (C=O) groups is 2. The van der Waals surface area contributed by atoms with Crippen molar-refractivity contribution < 1.29 is 9.59 Å². The molecule has 4 nitrogen and oxygen atoms in total. The molecule has 1 aliphatic heterocycles. The number of rotatable bonds is 4. The third-order valence-electron chi connectivity index (χ3n) is 3.16. The van der Waals surface area contributed by atoms with Gasteiger partial charge in [-0.2, -0.15) is 0 Å². The number of thioether (sulfide) groups is 1. The summed E-state index contributed by atoms with van der Waals surface area (Å²) < 4.78 is -0.440. The van der Waals surface area contributed by atoms with Gasteiger partial charge in [0, 0.05) is 11.3 Å². The van der Waals surface area contributed by atoms with Crippen LogP contribution in [0.1, 0.15) is 48.0 Å². The standard InChI is InChI=1S/C14H26N2O2S/c1-9(2)7-13(3,4)16-11(17)10-8-19-14(5,6)12(18)15-10/h9-10H,7-8H2,1-6H3,(H,15,18)(H,16,17). The Hall–Kier alpha value is -0.710. The van der Waals surface area contributed by atoms with Gasteiger partial charge in [0.1, 0.15) is 6.04 Å². The van der Waals surface area contributed by atoms with Gasteiger partial charge in [0.25, 0.3) is 0 Å². The topological polar surface area (TPSA) is 58.2 Å². The molecule has 0 aromatic carbocycles. The summed E-state index contributed by atoms with van der Waals surface area (Å²) in [4.78, 5) is 24.1. The van der Waals surface area contributed by atoms with Gasteiger partial charge in [0.2, 0.25) is 11.8 Å². The van der Waals surface area contributed by atoms with Crippen molar-refractivity contribution in [2.24, 2.45) is 5.92 Å². The van der Waals surface area contributed by atoms with Gasteiger partial charge in [0.05, 0.1) is 4.75 Å². The first kappa shape index (κ1) is 16.3. The maximum atomic E-state index is 12.2. The zero-order chi connectivity index (χ0) is 14.8. The first-order valence-electron chi connectivity index (χ1n) is 6.80. The smallest absolute Gasteiger partial charge is 0.243 e. The van der Waals surface area contributed by atoms with E-state index in [0.717, 1.165) is 6.42 Å². The van der Waals surface area contributed by atoms with E-state index in [1.807, 2.05) is 27.7 Å². The summed E-state index contributed by atoms with van der Waals surface area (Å²) in [5.41, 5.74) is -0.242. The first-order chi connectivity index (χ1) is 8.53. The third-order valence-corrected chi connectivity index (χ3v) is 4.57. The highest BCUT2D eigenvalue weighted by atomic mass is 32.2. The fourth-order valence-corrected chi connectivity index (χ4v) is 3.37. The summed E-state index contributed by atoms with van der Waals surface area (Å²) >= 11 is 1.53. The minimum atomic E-state index is -0.440. The predicted molar refractivity (Wildman–Crippen MR) is 80.1 cm³/mol. The van der Waals surface area contributed by atoms with Crippen LogP contribution in [0.15, 0.2) is 0 Å². The van der Waals surface area contributed by atoms with E-state index >= 15 is 0 Å². The molecule has 1 aliphatic rings. The van der Waals surface area contributed by atoms with Crippen molar-refractivity contribution in [3.8, 4) is 0 Å². The average Bonchev–Trinajstić information content (AvgIpc) is 2.19. The van der Waals surface area contributed by atoms with Crippen molar-refractivity contribution in [3.63, 3.8) is 0 Å². The summed E-state index contributed by atoms with van der Waals surface area (Å²) in [7, 11) is 0. The molecule has 2 amide bonds. The van der Waals surface area contributed by atoms with E-state index in [1.54, 1.807) is 0 Å². The van der Waals surface area contributed by atoms with E-state index in [0.29, 0.717) is 11.7 Å². The maximum absolute atomic E-state index is 12.2. The van der Waals surface area contributed by atoms with Gasteiger partial charge in [-0.25, -0.2) is 0 Å². The predicted octanol–water partition coefficient (Wildman–Crippen LogP) is 1.94. The molecule has 0 spiro atoms. The molecule has 1 fully saturated rings. The largest absolute Gasteiger partial charge is 0.349 e. The molecule has 1 rings (SSSR count). The molecule has 2 N–H and O–H groups in total. The molecule has 19 heavy (non-hydrogen) atoms. The highest BCUT2D eigenvalue weighted by molar-refractivity contribution is 8.01. The molecule has 0 aliphatic carbocycles. The second-order valence-electron chi connectivity index (χ2n) is 6.82. The zero-order valence-corrected chi connectivity index (χ0v) is 13.6. The SMILES string of the molecule is CC(C)CC(C)(C)NC(=O)C1CSC(C)(C)C(=O)N1. The highest BCUT2D eigenvalue weighted by Gasteiger charge is 2.38. The van der Waals surface area contributed by atoms with Crippen LogP contribution >= 0.6 is 11.8 Å². The van der Waals surface area contributed by atoms with Crippen molar-refractivity contribution in [2.45, 2.75) is 64.3 Å². The van der Waals surface area contributed by atoms with Gasteiger partial charge >= 0.3 is 0 Å². The Labute approximate surface area is 120 Å². The molecule has 0 saturated carbocycles. The van der Waals surface area contributed by atoms with Crippen LogP contribution in [0.5, 0.6) is 0 Å². The van der Waals surface area contributed by atoms with Gasteiger partial charge < -0.3 is 10.6 Å². The highest BCUT2D eigenvalue weighted by Crippen LogP contribution is 2.29. The summed E-state index contributed by atoms with van der Waals surface area (Å²) in [5, 5.41) is 5.85. The minimum Gasteiger partial charge on any atom is -0.349 e. The molecule has 0 aromatic rings. The summed E-state index contributed by atoms with van der Waals surface area (Å²) in [5.74, 6) is 1.000. The van der Waals surface area contributed by atoms with E-state index in [9.17, 15) is 9.59 Å². The number of hydrogen-bond acceptors (Lipinski definition) is 3. The Balaban J connectivity index is 2.58. The Bertz CT molecular complexity index is 364. The van der Waals surface area contributed by atoms with Crippen LogP contribution in [0.4, 0.5) is 0 Å². The van der Waals surface area contributed by atoms with E-state index in [2.05, 4.69) is 24.5 Å². The van der Waals surface area contributed by atoms with Crippen molar-refractivity contribution in [1.29, 1.82) is 0 Å². The lowest BCUT2D eigenvalue weighted by atomic mass is 9.92. The Kier molecular flexibility index (Phi) is 4.93. The van der Waals surface area contributed by atoms with Crippen LogP contribution in [0.3, 0.4) is 0 Å². The number of hydrogen-bond donors (Lipinski definition) is 2. The van der Waals surface area contributed by atoms with Crippen LogP contribution in [0.25, 0.3) is 0 Å². The van der Waals surface area contributed by atoms with Crippen molar-refractivity contribution >= 4 is 23.6 Å².